The number of amides is 1. The quantitative estimate of drug-likeness (QED) is 0.814. The summed E-state index contributed by atoms with van der Waals surface area (Å²) in [6, 6.07) is 7.26. The van der Waals surface area contributed by atoms with Crippen molar-refractivity contribution in [2.45, 2.75) is 18.6 Å². The fraction of sp³-hybridized carbons (Fsp3) is 0.231. The van der Waals surface area contributed by atoms with Crippen molar-refractivity contribution in [3.05, 3.63) is 50.9 Å². The van der Waals surface area contributed by atoms with Gasteiger partial charge in [-0.3, -0.25) is 14.6 Å². The van der Waals surface area contributed by atoms with Crippen molar-refractivity contribution >= 4 is 29.3 Å². The third-order valence-corrected chi connectivity index (χ3v) is 3.66. The molecule has 2 rings (SSSR count). The molecule has 110 valence electrons. The first-order chi connectivity index (χ1) is 10.0. The predicted octanol–water partition coefficient (Wildman–Crippen LogP) is 1.54. The van der Waals surface area contributed by atoms with E-state index in [9.17, 15) is 9.59 Å². The Labute approximate surface area is 130 Å². The third-order valence-electron chi connectivity index (χ3n) is 2.56. The van der Waals surface area contributed by atoms with E-state index in [-0.39, 0.29) is 17.2 Å². The molecule has 1 aromatic carbocycles. The highest BCUT2D eigenvalue weighted by molar-refractivity contribution is 7.99. The van der Waals surface area contributed by atoms with E-state index in [0.717, 1.165) is 17.3 Å². The van der Waals surface area contributed by atoms with Gasteiger partial charge in [0.25, 0.3) is 5.56 Å². The maximum Gasteiger partial charge on any atom is 0.273 e. The fourth-order valence-electron chi connectivity index (χ4n) is 1.48. The molecule has 1 amide bonds. The maximum atomic E-state index is 11.7. The van der Waals surface area contributed by atoms with Crippen LogP contribution in [0.15, 0.2) is 34.2 Å². The van der Waals surface area contributed by atoms with Crippen LogP contribution in [0, 0.1) is 6.92 Å². The van der Waals surface area contributed by atoms with Crippen LogP contribution < -0.4 is 10.9 Å². The van der Waals surface area contributed by atoms with Crippen molar-refractivity contribution in [1.82, 2.24) is 20.5 Å². The molecule has 0 saturated heterocycles. The van der Waals surface area contributed by atoms with Crippen LogP contribution in [0.25, 0.3) is 0 Å². The van der Waals surface area contributed by atoms with Gasteiger partial charge in [-0.2, -0.15) is 0 Å². The van der Waals surface area contributed by atoms with Gasteiger partial charge in [0.1, 0.15) is 5.69 Å². The minimum Gasteiger partial charge on any atom is -0.351 e. The Kier molecular flexibility index (Phi) is 5.35. The number of thioether (sulfide) groups is 1. The summed E-state index contributed by atoms with van der Waals surface area (Å²) in [7, 11) is 0. The van der Waals surface area contributed by atoms with E-state index >= 15 is 0 Å². The second-order valence-corrected chi connectivity index (χ2v) is 5.64. The minimum atomic E-state index is -0.299. The summed E-state index contributed by atoms with van der Waals surface area (Å²) in [6.07, 6.45) is 0. The lowest BCUT2D eigenvalue weighted by molar-refractivity contribution is -0.118. The Morgan fingerprint density at radius 3 is 2.95 bits per heavy atom. The first-order valence-corrected chi connectivity index (χ1v) is 7.48. The lowest BCUT2D eigenvalue weighted by Gasteiger charge is -2.05. The Morgan fingerprint density at radius 1 is 1.43 bits per heavy atom. The second-order valence-electron chi connectivity index (χ2n) is 4.24. The van der Waals surface area contributed by atoms with Crippen LogP contribution in [0.2, 0.25) is 5.02 Å². The monoisotopic (exact) mass is 324 g/mol. The number of benzene rings is 1. The molecule has 6 nitrogen and oxygen atoms in total. The van der Waals surface area contributed by atoms with E-state index in [0.29, 0.717) is 22.4 Å². The molecule has 2 aromatic rings. The molecule has 21 heavy (non-hydrogen) atoms. The topological polar surface area (TPSA) is 87.7 Å². The molecule has 0 unspecified atom stereocenters. The zero-order valence-electron chi connectivity index (χ0n) is 11.2. The molecule has 0 aliphatic heterocycles. The van der Waals surface area contributed by atoms with E-state index in [4.69, 9.17) is 11.6 Å². The Morgan fingerprint density at radius 2 is 2.24 bits per heavy atom. The highest BCUT2D eigenvalue weighted by Crippen LogP contribution is 2.11. The van der Waals surface area contributed by atoms with Crippen molar-refractivity contribution in [1.29, 1.82) is 0 Å². The molecule has 0 fully saturated rings. The van der Waals surface area contributed by atoms with Crippen molar-refractivity contribution in [2.24, 2.45) is 0 Å². The van der Waals surface area contributed by atoms with E-state index in [1.54, 1.807) is 19.1 Å². The SMILES string of the molecule is Cc1nnc(SCC(=O)NCc2cccc(Cl)c2)[nH]c1=O. The van der Waals surface area contributed by atoms with Crippen molar-refractivity contribution in [2.75, 3.05) is 5.75 Å². The molecule has 8 heteroatoms. The number of aryl methyl sites for hydroxylation is 1. The average Bonchev–Trinajstić information content (AvgIpc) is 2.46. The van der Waals surface area contributed by atoms with Gasteiger partial charge in [-0.1, -0.05) is 35.5 Å². The van der Waals surface area contributed by atoms with Crippen molar-refractivity contribution < 1.29 is 4.79 Å². The molecule has 0 spiro atoms. The molecule has 1 aromatic heterocycles. The first kappa shape index (κ1) is 15.5. The van der Waals surface area contributed by atoms with E-state index in [1.807, 2.05) is 12.1 Å². The average molecular weight is 325 g/mol. The number of H-pyrrole nitrogens is 1. The van der Waals surface area contributed by atoms with E-state index < -0.39 is 0 Å². The fourth-order valence-corrected chi connectivity index (χ4v) is 2.32. The van der Waals surface area contributed by atoms with Gasteiger partial charge in [-0.25, -0.2) is 0 Å². The second kappa shape index (κ2) is 7.24. The molecule has 0 aliphatic carbocycles. The van der Waals surface area contributed by atoms with Crippen molar-refractivity contribution in [3.8, 4) is 0 Å². The predicted molar refractivity (Wildman–Crippen MR) is 81.4 cm³/mol. The maximum absolute atomic E-state index is 11.7. The zero-order chi connectivity index (χ0) is 15.2. The van der Waals surface area contributed by atoms with Gasteiger partial charge in [0.05, 0.1) is 5.75 Å². The normalized spacial score (nSPS) is 10.4. The van der Waals surface area contributed by atoms with E-state index in [2.05, 4.69) is 20.5 Å². The number of halogens is 1. The Balaban J connectivity index is 1.82. The molecule has 0 aliphatic rings. The van der Waals surface area contributed by atoms with E-state index in [1.165, 1.54) is 0 Å². The van der Waals surface area contributed by atoms with Crippen LogP contribution in [0.3, 0.4) is 0 Å². The summed E-state index contributed by atoms with van der Waals surface area (Å²) < 4.78 is 0. The third kappa shape index (κ3) is 4.87. The number of nitrogens with zero attached hydrogens (tertiary/aromatic N) is 2. The lowest BCUT2D eigenvalue weighted by Crippen LogP contribution is -2.25. The molecular formula is C13H13ClN4O2S. The van der Waals surface area contributed by atoms with Gasteiger partial charge in [0.2, 0.25) is 5.91 Å². The Hall–Kier alpha value is -1.86. The minimum absolute atomic E-state index is 0.147. The van der Waals surface area contributed by atoms with Crippen molar-refractivity contribution in [3.63, 3.8) is 0 Å². The molecule has 2 N–H and O–H groups in total. The number of hydrogen-bond donors (Lipinski definition) is 2. The van der Waals surface area contributed by atoms with Crippen LogP contribution >= 0.6 is 23.4 Å². The molecule has 1 heterocycles. The number of carbonyl (C=O) groups is 1. The zero-order valence-corrected chi connectivity index (χ0v) is 12.8. The summed E-state index contributed by atoms with van der Waals surface area (Å²) in [5.41, 5.74) is 0.918. The first-order valence-electron chi connectivity index (χ1n) is 6.12. The van der Waals surface area contributed by atoms with Crippen LogP contribution in [0.4, 0.5) is 0 Å². The summed E-state index contributed by atoms with van der Waals surface area (Å²) in [5, 5.41) is 11.2. The Bertz CT molecular complexity index is 705. The number of aromatic amines is 1. The van der Waals surface area contributed by atoms with Gasteiger partial charge in [0.15, 0.2) is 5.16 Å². The summed E-state index contributed by atoms with van der Waals surface area (Å²) >= 11 is 6.99. The molecule has 0 atom stereocenters. The number of rotatable bonds is 5. The van der Waals surface area contributed by atoms with Gasteiger partial charge in [-0.05, 0) is 24.6 Å². The molecular weight excluding hydrogens is 312 g/mol. The molecule has 0 saturated carbocycles. The van der Waals surface area contributed by atoms with Crippen LogP contribution in [-0.2, 0) is 11.3 Å². The van der Waals surface area contributed by atoms with Crippen LogP contribution in [-0.4, -0.2) is 26.8 Å². The molecule has 0 bridgehead atoms. The highest BCUT2D eigenvalue weighted by Gasteiger charge is 2.06. The highest BCUT2D eigenvalue weighted by atomic mass is 35.5. The number of carbonyl (C=O) groups excluding carboxylic acids is 1. The summed E-state index contributed by atoms with van der Waals surface area (Å²) in [6.45, 7) is 1.97. The summed E-state index contributed by atoms with van der Waals surface area (Å²) in [4.78, 5) is 25.6. The smallest absolute Gasteiger partial charge is 0.273 e. The summed E-state index contributed by atoms with van der Waals surface area (Å²) in [5.74, 6) is -0.0166. The van der Waals surface area contributed by atoms with Crippen LogP contribution in [0.1, 0.15) is 11.3 Å². The van der Waals surface area contributed by atoms with Gasteiger partial charge < -0.3 is 5.32 Å². The standard InChI is InChI=1S/C13H13ClN4O2S/c1-8-12(20)16-13(18-17-8)21-7-11(19)15-6-9-3-2-4-10(14)5-9/h2-5H,6-7H2,1H3,(H,15,19)(H,16,18,20). The van der Waals surface area contributed by atoms with Gasteiger partial charge >= 0.3 is 0 Å². The lowest BCUT2D eigenvalue weighted by atomic mass is 10.2. The largest absolute Gasteiger partial charge is 0.351 e. The van der Waals surface area contributed by atoms with Crippen LogP contribution in [0.5, 0.6) is 0 Å². The van der Waals surface area contributed by atoms with Gasteiger partial charge in [-0.15, -0.1) is 10.2 Å². The number of nitrogens with one attached hydrogen (secondary N) is 2. The van der Waals surface area contributed by atoms with Gasteiger partial charge in [0, 0.05) is 11.6 Å². The number of aromatic nitrogens is 3. The molecule has 0 radical (unpaired) electrons. The number of hydrogen-bond acceptors (Lipinski definition) is 5.